The second-order valence-electron chi connectivity index (χ2n) is 5.32. The van der Waals surface area contributed by atoms with Crippen LogP contribution in [0.1, 0.15) is 29.7 Å². The van der Waals surface area contributed by atoms with Crippen LogP contribution >= 0.6 is 11.6 Å². The first-order valence-electron chi connectivity index (χ1n) is 6.82. The van der Waals surface area contributed by atoms with E-state index in [9.17, 15) is 9.50 Å². The third-order valence-electron chi connectivity index (χ3n) is 3.50. The van der Waals surface area contributed by atoms with Gasteiger partial charge in [-0.1, -0.05) is 23.7 Å². The number of hydrogen-bond donors (Lipinski definition) is 1. The highest BCUT2D eigenvalue weighted by molar-refractivity contribution is 6.30. The molecule has 2 aromatic rings. The molecule has 1 atom stereocenters. The molecule has 0 amide bonds. The van der Waals surface area contributed by atoms with Crippen LogP contribution in [-0.4, -0.2) is 12.2 Å². The number of aryl methyl sites for hydroxylation is 1. The third kappa shape index (κ3) is 3.74. The first kappa shape index (κ1) is 15.8. The zero-order chi connectivity index (χ0) is 15.6. The Labute approximate surface area is 129 Å². The average Bonchev–Trinajstić information content (AvgIpc) is 2.43. The predicted molar refractivity (Wildman–Crippen MR) is 85.3 cm³/mol. The van der Waals surface area contributed by atoms with Gasteiger partial charge in [0.2, 0.25) is 0 Å². The Morgan fingerprint density at radius 3 is 2.43 bits per heavy atom. The lowest BCUT2D eigenvalue weighted by Gasteiger charge is -2.24. The number of halogens is 2. The maximum absolute atomic E-state index is 13.7. The molecular formula is C17H19ClFNO. The molecular weight excluding hydrogens is 289 g/mol. The summed E-state index contributed by atoms with van der Waals surface area (Å²) in [4.78, 5) is 2.00. The van der Waals surface area contributed by atoms with Crippen molar-refractivity contribution in [1.29, 1.82) is 0 Å². The van der Waals surface area contributed by atoms with Gasteiger partial charge in [0, 0.05) is 29.9 Å². The Bertz CT molecular complexity index is 625. The molecule has 112 valence electrons. The average molecular weight is 308 g/mol. The Morgan fingerprint density at radius 1 is 1.24 bits per heavy atom. The predicted octanol–water partition coefficient (Wildman–Crippen LogP) is 4.48. The Hall–Kier alpha value is -1.58. The van der Waals surface area contributed by atoms with Crippen molar-refractivity contribution in [3.63, 3.8) is 0 Å². The van der Waals surface area contributed by atoms with E-state index in [2.05, 4.69) is 0 Å². The summed E-state index contributed by atoms with van der Waals surface area (Å²) in [5, 5.41) is 10.6. The smallest absolute Gasteiger partial charge is 0.126 e. The Balaban J connectivity index is 2.31. The number of hydrogen-bond acceptors (Lipinski definition) is 2. The van der Waals surface area contributed by atoms with Gasteiger partial charge >= 0.3 is 0 Å². The first-order valence-corrected chi connectivity index (χ1v) is 7.20. The van der Waals surface area contributed by atoms with Gasteiger partial charge in [0.25, 0.3) is 0 Å². The quantitative estimate of drug-likeness (QED) is 0.900. The molecule has 2 aromatic carbocycles. The molecule has 0 aliphatic heterocycles. The van der Waals surface area contributed by atoms with E-state index in [-0.39, 0.29) is 5.82 Å². The van der Waals surface area contributed by atoms with Crippen LogP contribution in [0.4, 0.5) is 10.1 Å². The van der Waals surface area contributed by atoms with Crippen LogP contribution in [0, 0.1) is 12.7 Å². The number of aliphatic hydroxyl groups excluding tert-OH is 1. The van der Waals surface area contributed by atoms with Gasteiger partial charge in [0.1, 0.15) is 5.82 Å². The lowest BCUT2D eigenvalue weighted by molar-refractivity contribution is 0.199. The lowest BCUT2D eigenvalue weighted by Crippen LogP contribution is -2.19. The maximum Gasteiger partial charge on any atom is 0.126 e. The molecule has 2 rings (SSSR count). The van der Waals surface area contributed by atoms with Crippen LogP contribution in [0.15, 0.2) is 36.4 Å². The van der Waals surface area contributed by atoms with E-state index >= 15 is 0 Å². The highest BCUT2D eigenvalue weighted by Crippen LogP contribution is 2.29. The van der Waals surface area contributed by atoms with Crippen LogP contribution in [0.5, 0.6) is 0 Å². The Kier molecular flexibility index (Phi) is 4.86. The summed E-state index contributed by atoms with van der Waals surface area (Å²) in [7, 11) is 1.92. The fraction of sp³-hybridized carbons (Fsp3) is 0.294. The molecule has 0 bridgehead atoms. The highest BCUT2D eigenvalue weighted by Gasteiger charge is 2.15. The van der Waals surface area contributed by atoms with Crippen LogP contribution in [-0.2, 0) is 6.54 Å². The van der Waals surface area contributed by atoms with E-state index in [0.717, 1.165) is 11.3 Å². The minimum absolute atomic E-state index is 0.297. The molecule has 1 N–H and O–H groups in total. The van der Waals surface area contributed by atoms with Gasteiger partial charge in [-0.3, -0.25) is 0 Å². The monoisotopic (exact) mass is 307 g/mol. The summed E-state index contributed by atoms with van der Waals surface area (Å²) in [5.74, 6) is -0.297. The van der Waals surface area contributed by atoms with Gasteiger partial charge in [0.05, 0.1) is 6.10 Å². The van der Waals surface area contributed by atoms with Gasteiger partial charge in [-0.05, 0) is 49.2 Å². The highest BCUT2D eigenvalue weighted by atomic mass is 35.5. The lowest BCUT2D eigenvalue weighted by atomic mass is 10.0. The van der Waals surface area contributed by atoms with Gasteiger partial charge < -0.3 is 10.0 Å². The second-order valence-corrected chi connectivity index (χ2v) is 5.76. The zero-order valence-electron chi connectivity index (χ0n) is 12.4. The molecule has 21 heavy (non-hydrogen) atoms. The SMILES string of the molecule is Cc1cc(N(C)Cc2ccc(Cl)cc2)c([C@@H](C)O)cc1F. The van der Waals surface area contributed by atoms with E-state index in [1.807, 2.05) is 36.2 Å². The minimum atomic E-state index is -0.720. The molecule has 0 heterocycles. The largest absolute Gasteiger partial charge is 0.389 e. The van der Waals surface area contributed by atoms with E-state index in [0.29, 0.717) is 22.7 Å². The summed E-state index contributed by atoms with van der Waals surface area (Å²) in [6, 6.07) is 10.8. The first-order chi connectivity index (χ1) is 9.88. The fourth-order valence-electron chi connectivity index (χ4n) is 2.30. The molecule has 0 radical (unpaired) electrons. The van der Waals surface area contributed by atoms with E-state index < -0.39 is 6.10 Å². The molecule has 0 fully saturated rings. The fourth-order valence-corrected chi connectivity index (χ4v) is 2.42. The standard InChI is InChI=1S/C17H19ClFNO/c1-11-8-17(15(12(2)21)9-16(11)19)20(3)10-13-4-6-14(18)7-5-13/h4-9,12,21H,10H2,1-3H3/t12-/m1/s1. The normalized spacial score (nSPS) is 12.3. The molecule has 0 spiro atoms. The maximum atomic E-state index is 13.7. The third-order valence-corrected chi connectivity index (χ3v) is 3.75. The number of aliphatic hydroxyl groups is 1. The van der Waals surface area contributed by atoms with Crippen molar-refractivity contribution in [2.45, 2.75) is 26.5 Å². The van der Waals surface area contributed by atoms with Crippen LogP contribution in [0.3, 0.4) is 0 Å². The zero-order valence-corrected chi connectivity index (χ0v) is 13.2. The number of rotatable bonds is 4. The topological polar surface area (TPSA) is 23.5 Å². The molecule has 0 aliphatic carbocycles. The molecule has 4 heteroatoms. The summed E-state index contributed by atoms with van der Waals surface area (Å²) in [5.41, 5.74) is 3.09. The van der Waals surface area contributed by atoms with Crippen LogP contribution in [0.25, 0.3) is 0 Å². The Morgan fingerprint density at radius 2 is 1.86 bits per heavy atom. The summed E-state index contributed by atoms with van der Waals surface area (Å²) in [6.45, 7) is 4.02. The van der Waals surface area contributed by atoms with Gasteiger partial charge in [-0.25, -0.2) is 4.39 Å². The number of nitrogens with zero attached hydrogens (tertiary/aromatic N) is 1. The minimum Gasteiger partial charge on any atom is -0.389 e. The van der Waals surface area contributed by atoms with Crippen molar-refractivity contribution < 1.29 is 9.50 Å². The second kappa shape index (κ2) is 6.46. The molecule has 0 saturated carbocycles. The van der Waals surface area contributed by atoms with Crippen molar-refractivity contribution in [2.24, 2.45) is 0 Å². The molecule has 0 aromatic heterocycles. The van der Waals surface area contributed by atoms with Crippen molar-refractivity contribution >= 4 is 17.3 Å². The van der Waals surface area contributed by atoms with Crippen LogP contribution in [0.2, 0.25) is 5.02 Å². The van der Waals surface area contributed by atoms with Gasteiger partial charge in [-0.15, -0.1) is 0 Å². The van der Waals surface area contributed by atoms with Gasteiger partial charge in [0.15, 0.2) is 0 Å². The van der Waals surface area contributed by atoms with E-state index in [4.69, 9.17) is 11.6 Å². The van der Waals surface area contributed by atoms with Crippen molar-refractivity contribution in [3.05, 3.63) is 63.9 Å². The van der Waals surface area contributed by atoms with Gasteiger partial charge in [-0.2, -0.15) is 0 Å². The van der Waals surface area contributed by atoms with Crippen LogP contribution < -0.4 is 4.90 Å². The summed E-state index contributed by atoms with van der Waals surface area (Å²) >= 11 is 5.88. The molecule has 0 unspecified atom stereocenters. The molecule has 2 nitrogen and oxygen atoms in total. The van der Waals surface area contributed by atoms with E-state index in [1.165, 1.54) is 6.07 Å². The number of anilines is 1. The van der Waals surface area contributed by atoms with Crippen molar-refractivity contribution in [1.82, 2.24) is 0 Å². The van der Waals surface area contributed by atoms with Crippen molar-refractivity contribution in [2.75, 3.05) is 11.9 Å². The van der Waals surface area contributed by atoms with Crippen molar-refractivity contribution in [3.8, 4) is 0 Å². The summed E-state index contributed by atoms with van der Waals surface area (Å²) in [6.07, 6.45) is -0.720. The van der Waals surface area contributed by atoms with E-state index in [1.54, 1.807) is 19.9 Å². The molecule has 0 saturated heterocycles. The summed E-state index contributed by atoms with van der Waals surface area (Å²) < 4.78 is 13.7. The molecule has 0 aliphatic rings. The number of benzene rings is 2.